The van der Waals surface area contributed by atoms with Crippen molar-refractivity contribution in [3.8, 4) is 0 Å². The Morgan fingerprint density at radius 3 is 2.29 bits per heavy atom. The van der Waals surface area contributed by atoms with Crippen molar-refractivity contribution in [3.05, 3.63) is 35.6 Å². The van der Waals surface area contributed by atoms with Gasteiger partial charge in [0.15, 0.2) is 5.76 Å². The number of hydrogen-bond donors (Lipinski definition) is 1. The second kappa shape index (κ2) is 4.29. The molecule has 1 aliphatic rings. The second-order valence-electron chi connectivity index (χ2n) is 3.84. The molecular formula is C12H12N2O3. The van der Waals surface area contributed by atoms with Gasteiger partial charge in [0.05, 0.1) is 0 Å². The Kier molecular flexibility index (Phi) is 2.82. The van der Waals surface area contributed by atoms with E-state index in [1.54, 1.807) is 0 Å². The van der Waals surface area contributed by atoms with Gasteiger partial charge < -0.3 is 9.64 Å². The van der Waals surface area contributed by atoms with Crippen molar-refractivity contribution in [2.45, 2.75) is 0 Å². The maximum Gasteiger partial charge on any atom is 0.419 e. The van der Waals surface area contributed by atoms with Crippen LogP contribution in [-0.4, -0.2) is 26.1 Å². The molecule has 1 aliphatic heterocycles. The number of carbonyl (C=O) groups is 2. The van der Waals surface area contributed by atoms with Gasteiger partial charge in [0.25, 0.3) is 5.91 Å². The normalized spacial score (nSPS) is 16.9. The van der Waals surface area contributed by atoms with E-state index < -0.39 is 12.0 Å². The maximum atomic E-state index is 11.2. The SMILES string of the molecule is CN(C)c1ccc(/C=C2\OC(=O)NC2=O)cc1. The lowest BCUT2D eigenvalue weighted by Gasteiger charge is -2.11. The highest BCUT2D eigenvalue weighted by atomic mass is 16.6. The topological polar surface area (TPSA) is 58.6 Å². The monoisotopic (exact) mass is 232 g/mol. The number of nitrogens with one attached hydrogen (secondary N) is 1. The van der Waals surface area contributed by atoms with Crippen molar-refractivity contribution in [3.63, 3.8) is 0 Å². The summed E-state index contributed by atoms with van der Waals surface area (Å²) in [6.07, 6.45) is 0.797. The van der Waals surface area contributed by atoms with Gasteiger partial charge in [-0.05, 0) is 23.8 Å². The van der Waals surface area contributed by atoms with Gasteiger partial charge in [0.1, 0.15) is 0 Å². The van der Waals surface area contributed by atoms with Crippen LogP contribution >= 0.6 is 0 Å². The number of alkyl carbamates (subject to hydrolysis) is 1. The van der Waals surface area contributed by atoms with Gasteiger partial charge in [-0.25, -0.2) is 4.79 Å². The van der Waals surface area contributed by atoms with Crippen LogP contribution in [0.1, 0.15) is 5.56 Å². The molecule has 5 nitrogen and oxygen atoms in total. The van der Waals surface area contributed by atoms with Gasteiger partial charge in [-0.1, -0.05) is 12.1 Å². The molecule has 17 heavy (non-hydrogen) atoms. The first kappa shape index (κ1) is 11.2. The first-order valence-electron chi connectivity index (χ1n) is 5.08. The fraction of sp³-hybridized carbons (Fsp3) is 0.167. The highest BCUT2D eigenvalue weighted by Gasteiger charge is 2.25. The van der Waals surface area contributed by atoms with E-state index in [9.17, 15) is 9.59 Å². The molecule has 0 spiro atoms. The molecule has 0 aromatic heterocycles. The van der Waals surface area contributed by atoms with Crippen molar-refractivity contribution < 1.29 is 14.3 Å². The minimum atomic E-state index is -0.730. The zero-order chi connectivity index (χ0) is 12.4. The van der Waals surface area contributed by atoms with Crippen LogP contribution in [0.4, 0.5) is 10.5 Å². The van der Waals surface area contributed by atoms with Crippen molar-refractivity contribution in [1.82, 2.24) is 5.32 Å². The van der Waals surface area contributed by atoms with Crippen molar-refractivity contribution >= 4 is 23.8 Å². The zero-order valence-electron chi connectivity index (χ0n) is 9.56. The molecule has 2 rings (SSSR count). The highest BCUT2D eigenvalue weighted by Crippen LogP contribution is 2.16. The van der Waals surface area contributed by atoms with Crippen LogP contribution in [0.3, 0.4) is 0 Å². The minimum Gasteiger partial charge on any atom is -0.404 e. The molecule has 1 heterocycles. The smallest absolute Gasteiger partial charge is 0.404 e. The lowest BCUT2D eigenvalue weighted by molar-refractivity contribution is -0.116. The van der Waals surface area contributed by atoms with E-state index in [-0.39, 0.29) is 5.76 Å². The molecule has 0 atom stereocenters. The summed E-state index contributed by atoms with van der Waals surface area (Å²) in [7, 11) is 3.89. The van der Waals surface area contributed by atoms with Crippen LogP contribution < -0.4 is 10.2 Å². The standard InChI is InChI=1S/C12H12N2O3/c1-14(2)9-5-3-8(4-6-9)7-10-11(15)13-12(16)17-10/h3-7H,1-2H3,(H,13,15,16)/b10-7-. The van der Waals surface area contributed by atoms with Gasteiger partial charge >= 0.3 is 6.09 Å². The van der Waals surface area contributed by atoms with Crippen LogP contribution in [0, 0.1) is 0 Å². The number of cyclic esters (lactones) is 1. The summed E-state index contributed by atoms with van der Waals surface area (Å²) in [5.74, 6) is -0.487. The summed E-state index contributed by atoms with van der Waals surface area (Å²) in [5, 5.41) is 2.04. The third-order valence-electron chi connectivity index (χ3n) is 2.35. The molecule has 1 saturated heterocycles. The molecule has 0 radical (unpaired) electrons. The second-order valence-corrected chi connectivity index (χ2v) is 3.84. The third-order valence-corrected chi connectivity index (χ3v) is 2.35. The molecule has 88 valence electrons. The Bertz CT molecular complexity index is 489. The van der Waals surface area contributed by atoms with Gasteiger partial charge in [-0.15, -0.1) is 0 Å². The lowest BCUT2D eigenvalue weighted by atomic mass is 10.2. The van der Waals surface area contributed by atoms with E-state index in [0.29, 0.717) is 0 Å². The molecule has 5 heteroatoms. The Balaban J connectivity index is 2.21. The molecule has 1 aromatic carbocycles. The first-order valence-corrected chi connectivity index (χ1v) is 5.08. The van der Waals surface area contributed by atoms with Crippen molar-refractivity contribution in [2.75, 3.05) is 19.0 Å². The summed E-state index contributed by atoms with van der Waals surface area (Å²) in [6, 6.07) is 7.53. The van der Waals surface area contributed by atoms with E-state index >= 15 is 0 Å². The zero-order valence-corrected chi connectivity index (χ0v) is 9.56. The fourth-order valence-corrected chi connectivity index (χ4v) is 1.44. The number of anilines is 1. The average Bonchev–Trinajstić information content (AvgIpc) is 2.58. The highest BCUT2D eigenvalue weighted by molar-refractivity contribution is 6.09. The lowest BCUT2D eigenvalue weighted by Crippen LogP contribution is -2.18. The molecule has 1 fully saturated rings. The van der Waals surface area contributed by atoms with Crippen LogP contribution in [-0.2, 0) is 9.53 Å². The number of benzene rings is 1. The molecule has 1 N–H and O–H groups in total. The summed E-state index contributed by atoms with van der Waals surface area (Å²) >= 11 is 0. The molecule has 1 aromatic rings. The molecular weight excluding hydrogens is 220 g/mol. The van der Waals surface area contributed by atoms with Crippen LogP contribution in [0.25, 0.3) is 6.08 Å². The Morgan fingerprint density at radius 2 is 1.82 bits per heavy atom. The summed E-state index contributed by atoms with van der Waals surface area (Å²) in [5.41, 5.74) is 1.86. The average molecular weight is 232 g/mol. The van der Waals surface area contributed by atoms with E-state index in [1.165, 1.54) is 6.08 Å². The van der Waals surface area contributed by atoms with Gasteiger partial charge in [0, 0.05) is 19.8 Å². The molecule has 2 amide bonds. The summed E-state index contributed by atoms with van der Waals surface area (Å²) in [4.78, 5) is 24.0. The van der Waals surface area contributed by atoms with E-state index in [1.807, 2.05) is 48.6 Å². The predicted molar refractivity (Wildman–Crippen MR) is 63.4 cm³/mol. The Morgan fingerprint density at radius 1 is 1.18 bits per heavy atom. The number of carbonyl (C=O) groups excluding carboxylic acids is 2. The number of ether oxygens (including phenoxy) is 1. The maximum absolute atomic E-state index is 11.2. The predicted octanol–water partition coefficient (Wildman–Crippen LogP) is 1.36. The quantitative estimate of drug-likeness (QED) is 0.782. The van der Waals surface area contributed by atoms with E-state index in [2.05, 4.69) is 0 Å². The van der Waals surface area contributed by atoms with Gasteiger partial charge in [-0.3, -0.25) is 10.1 Å². The number of imide groups is 1. The Labute approximate surface area is 98.7 Å². The number of nitrogens with zero attached hydrogens (tertiary/aromatic N) is 1. The summed E-state index contributed by atoms with van der Waals surface area (Å²) in [6.45, 7) is 0. The van der Waals surface area contributed by atoms with Gasteiger partial charge in [-0.2, -0.15) is 0 Å². The van der Waals surface area contributed by atoms with Gasteiger partial charge in [0.2, 0.25) is 0 Å². The first-order chi connectivity index (χ1) is 8.06. The number of amides is 2. The van der Waals surface area contributed by atoms with Crippen LogP contribution in [0.15, 0.2) is 30.0 Å². The minimum absolute atomic E-state index is 0.0209. The van der Waals surface area contributed by atoms with E-state index in [0.717, 1.165) is 11.3 Å². The van der Waals surface area contributed by atoms with Crippen molar-refractivity contribution in [1.29, 1.82) is 0 Å². The van der Waals surface area contributed by atoms with Crippen LogP contribution in [0.2, 0.25) is 0 Å². The third kappa shape index (κ3) is 2.44. The van der Waals surface area contributed by atoms with Crippen LogP contribution in [0.5, 0.6) is 0 Å². The fourth-order valence-electron chi connectivity index (χ4n) is 1.44. The number of hydrogen-bond acceptors (Lipinski definition) is 4. The molecule has 0 bridgehead atoms. The largest absolute Gasteiger partial charge is 0.419 e. The molecule has 0 aliphatic carbocycles. The number of rotatable bonds is 2. The van der Waals surface area contributed by atoms with Crippen molar-refractivity contribution in [2.24, 2.45) is 0 Å². The molecule has 0 unspecified atom stereocenters. The molecule has 0 saturated carbocycles. The van der Waals surface area contributed by atoms with E-state index in [4.69, 9.17) is 4.74 Å². The Hall–Kier alpha value is -2.30. The summed E-state index contributed by atoms with van der Waals surface area (Å²) < 4.78 is 4.71.